The Morgan fingerprint density at radius 3 is 2.42 bits per heavy atom. The van der Waals surface area contributed by atoms with Crippen LogP contribution in [0.25, 0.3) is 10.9 Å². The van der Waals surface area contributed by atoms with Gasteiger partial charge in [-0.25, -0.2) is 0 Å². The first kappa shape index (κ1) is 23.4. The monoisotopic (exact) mass is 466 g/mol. The second kappa shape index (κ2) is 8.71. The van der Waals surface area contributed by atoms with Gasteiger partial charge in [-0.15, -0.1) is 0 Å². The van der Waals surface area contributed by atoms with Crippen molar-refractivity contribution in [1.82, 2.24) is 20.5 Å². The molecule has 31 heavy (non-hydrogen) atoms. The Morgan fingerprint density at radius 2 is 1.81 bits per heavy atom. The molecule has 2 heterocycles. The van der Waals surface area contributed by atoms with E-state index in [2.05, 4.69) is 15.6 Å². The highest BCUT2D eigenvalue weighted by molar-refractivity contribution is 6.45. The normalized spacial score (nSPS) is 16.3. The van der Waals surface area contributed by atoms with Gasteiger partial charge in [0.15, 0.2) is 0 Å². The molecule has 7 nitrogen and oxygen atoms in total. The number of carbonyl (C=O) groups excluding carboxylic acids is 3. The molecule has 1 fully saturated rings. The zero-order chi connectivity index (χ0) is 23.0. The number of hydrogen-bond acceptors (Lipinski definition) is 3. The maximum Gasteiger partial charge on any atom is 0.268 e. The molecule has 0 aliphatic carbocycles. The van der Waals surface area contributed by atoms with E-state index >= 15 is 0 Å². The lowest BCUT2D eigenvalue weighted by Gasteiger charge is -2.40. The lowest BCUT2D eigenvalue weighted by Crippen LogP contribution is -2.55. The van der Waals surface area contributed by atoms with Crippen LogP contribution in [0.2, 0.25) is 10.0 Å². The highest BCUT2D eigenvalue weighted by Crippen LogP contribution is 2.31. The predicted octanol–water partition coefficient (Wildman–Crippen LogP) is 3.75. The van der Waals surface area contributed by atoms with E-state index in [-0.39, 0.29) is 24.3 Å². The first-order valence-electron chi connectivity index (χ1n) is 10.2. The molecule has 0 unspecified atom stereocenters. The van der Waals surface area contributed by atoms with Crippen LogP contribution in [0, 0.1) is 5.41 Å². The first-order chi connectivity index (χ1) is 14.4. The first-order valence-corrected chi connectivity index (χ1v) is 11.0. The number of nitrogens with one attached hydrogen (secondary N) is 3. The van der Waals surface area contributed by atoms with Gasteiger partial charge in [-0.2, -0.15) is 0 Å². The summed E-state index contributed by atoms with van der Waals surface area (Å²) in [5, 5.41) is 7.31. The average Bonchev–Trinajstić information content (AvgIpc) is 3.13. The van der Waals surface area contributed by atoms with Crippen molar-refractivity contribution in [2.45, 2.75) is 46.1 Å². The summed E-state index contributed by atoms with van der Waals surface area (Å²) >= 11 is 12.3. The van der Waals surface area contributed by atoms with Crippen molar-refractivity contribution < 1.29 is 14.4 Å². The standard InChI is InChI=1S/C22H28Cl2N4O3/c1-21(2,3)20(31)25-12-17(29)28-9-7-22(4,8-10-28)27-19(30)16-11-13-15(26-16)6-5-14(23)18(13)24/h5-6,11,26H,7-10,12H2,1-4H3,(H,25,31)(H,27,30). The molecule has 9 heteroatoms. The van der Waals surface area contributed by atoms with E-state index in [4.69, 9.17) is 23.2 Å². The number of piperidine rings is 1. The summed E-state index contributed by atoms with van der Waals surface area (Å²) in [5.41, 5.74) is 0.163. The van der Waals surface area contributed by atoms with Crippen molar-refractivity contribution in [2.75, 3.05) is 19.6 Å². The molecule has 1 aliphatic heterocycles. The van der Waals surface area contributed by atoms with Gasteiger partial charge in [-0.3, -0.25) is 14.4 Å². The minimum atomic E-state index is -0.538. The van der Waals surface area contributed by atoms with Crippen molar-refractivity contribution in [2.24, 2.45) is 5.41 Å². The van der Waals surface area contributed by atoms with Gasteiger partial charge in [0.25, 0.3) is 5.91 Å². The number of hydrogen-bond donors (Lipinski definition) is 3. The summed E-state index contributed by atoms with van der Waals surface area (Å²) in [6, 6.07) is 5.16. The minimum Gasteiger partial charge on any atom is -0.350 e. The number of rotatable bonds is 4. The molecular weight excluding hydrogens is 439 g/mol. The van der Waals surface area contributed by atoms with Crippen LogP contribution in [0.4, 0.5) is 0 Å². The second-order valence-electron chi connectivity index (χ2n) is 9.33. The smallest absolute Gasteiger partial charge is 0.268 e. The molecule has 0 spiro atoms. The summed E-state index contributed by atoms with van der Waals surface area (Å²) < 4.78 is 0. The van der Waals surface area contributed by atoms with Gasteiger partial charge in [0, 0.05) is 34.9 Å². The fraction of sp³-hybridized carbons (Fsp3) is 0.500. The highest BCUT2D eigenvalue weighted by Gasteiger charge is 2.34. The molecule has 3 N–H and O–H groups in total. The molecule has 3 amide bonds. The van der Waals surface area contributed by atoms with Gasteiger partial charge < -0.3 is 20.5 Å². The molecular formula is C22H28Cl2N4O3. The molecule has 0 saturated carbocycles. The number of nitrogens with zero attached hydrogens (tertiary/aromatic N) is 1. The number of carbonyl (C=O) groups is 3. The van der Waals surface area contributed by atoms with Crippen LogP contribution in [0.5, 0.6) is 0 Å². The number of H-pyrrole nitrogens is 1. The van der Waals surface area contributed by atoms with Gasteiger partial charge in [0.05, 0.1) is 16.6 Å². The second-order valence-corrected chi connectivity index (χ2v) is 10.1. The van der Waals surface area contributed by atoms with E-state index in [9.17, 15) is 14.4 Å². The Labute approximate surface area is 191 Å². The van der Waals surface area contributed by atoms with Gasteiger partial charge in [-0.1, -0.05) is 44.0 Å². The van der Waals surface area contributed by atoms with Crippen molar-refractivity contribution in [3.8, 4) is 0 Å². The Morgan fingerprint density at radius 1 is 1.16 bits per heavy atom. The third-order valence-electron chi connectivity index (χ3n) is 5.65. The Hall–Kier alpha value is -2.25. The van der Waals surface area contributed by atoms with Crippen molar-refractivity contribution >= 4 is 51.8 Å². The molecule has 0 bridgehead atoms. The lowest BCUT2D eigenvalue weighted by molar-refractivity contribution is -0.136. The molecule has 1 aliphatic rings. The van der Waals surface area contributed by atoms with Gasteiger partial charge in [-0.05, 0) is 38.0 Å². The number of benzene rings is 1. The van der Waals surface area contributed by atoms with Gasteiger partial charge >= 0.3 is 0 Å². The Balaban J connectivity index is 1.57. The topological polar surface area (TPSA) is 94.3 Å². The fourth-order valence-electron chi connectivity index (χ4n) is 3.51. The van der Waals surface area contributed by atoms with Crippen LogP contribution in [0.1, 0.15) is 51.0 Å². The maximum atomic E-state index is 12.8. The molecule has 1 saturated heterocycles. The third-order valence-corrected chi connectivity index (χ3v) is 6.47. The van der Waals surface area contributed by atoms with E-state index in [1.54, 1.807) is 43.9 Å². The molecule has 0 atom stereocenters. The fourth-order valence-corrected chi connectivity index (χ4v) is 3.90. The largest absolute Gasteiger partial charge is 0.350 e. The number of fused-ring (bicyclic) bond motifs is 1. The van der Waals surface area contributed by atoms with Gasteiger partial charge in [0.1, 0.15) is 5.69 Å². The summed E-state index contributed by atoms with van der Waals surface area (Å²) in [4.78, 5) is 42.0. The lowest BCUT2D eigenvalue weighted by atomic mass is 9.89. The number of amides is 3. The summed E-state index contributed by atoms with van der Waals surface area (Å²) in [6.45, 7) is 8.38. The highest BCUT2D eigenvalue weighted by atomic mass is 35.5. The quantitative estimate of drug-likeness (QED) is 0.640. The van der Waals surface area contributed by atoms with Crippen LogP contribution < -0.4 is 10.6 Å². The van der Waals surface area contributed by atoms with Crippen LogP contribution >= 0.6 is 23.2 Å². The van der Waals surface area contributed by atoms with Crippen LogP contribution in [-0.4, -0.2) is 52.8 Å². The third kappa shape index (κ3) is 5.33. The van der Waals surface area contributed by atoms with Crippen molar-refractivity contribution in [3.63, 3.8) is 0 Å². The Bertz CT molecular complexity index is 1020. The molecule has 1 aromatic carbocycles. The SMILES string of the molecule is CC1(NC(=O)c2cc3c(Cl)c(Cl)ccc3[nH]2)CCN(C(=O)CNC(=O)C(C)(C)C)CC1. The molecule has 2 aromatic rings. The van der Waals surface area contributed by atoms with Crippen LogP contribution in [0.15, 0.2) is 18.2 Å². The predicted molar refractivity (Wildman–Crippen MR) is 122 cm³/mol. The van der Waals surface area contributed by atoms with Gasteiger partial charge in [0.2, 0.25) is 11.8 Å². The van der Waals surface area contributed by atoms with E-state index in [1.807, 2.05) is 6.92 Å². The summed E-state index contributed by atoms with van der Waals surface area (Å²) in [7, 11) is 0. The van der Waals surface area contributed by atoms with E-state index in [0.717, 1.165) is 5.52 Å². The van der Waals surface area contributed by atoms with E-state index < -0.39 is 11.0 Å². The number of halogens is 2. The zero-order valence-corrected chi connectivity index (χ0v) is 19.7. The maximum absolute atomic E-state index is 12.8. The molecule has 0 radical (unpaired) electrons. The average molecular weight is 467 g/mol. The number of aromatic amines is 1. The molecule has 168 valence electrons. The minimum absolute atomic E-state index is 0.0163. The number of likely N-dealkylation sites (tertiary alicyclic amines) is 1. The van der Waals surface area contributed by atoms with Crippen molar-refractivity contribution in [1.29, 1.82) is 0 Å². The van der Waals surface area contributed by atoms with Crippen LogP contribution in [0.3, 0.4) is 0 Å². The molecule has 1 aromatic heterocycles. The van der Waals surface area contributed by atoms with E-state index in [1.165, 1.54) is 0 Å². The van der Waals surface area contributed by atoms with Crippen molar-refractivity contribution in [3.05, 3.63) is 33.9 Å². The number of aromatic nitrogens is 1. The molecule has 3 rings (SSSR count). The van der Waals surface area contributed by atoms with E-state index in [0.29, 0.717) is 47.1 Å². The zero-order valence-electron chi connectivity index (χ0n) is 18.2. The Kier molecular flexibility index (Phi) is 6.58. The summed E-state index contributed by atoms with van der Waals surface area (Å²) in [6.07, 6.45) is 1.23. The van der Waals surface area contributed by atoms with Crippen LogP contribution in [-0.2, 0) is 9.59 Å². The summed E-state index contributed by atoms with van der Waals surface area (Å²) in [5.74, 6) is -0.508.